The average molecular weight is 528 g/mol. The molecule has 13 heteroatoms. The van der Waals surface area contributed by atoms with Gasteiger partial charge in [0.05, 0.1) is 16.6 Å². The molecule has 37 heavy (non-hydrogen) atoms. The SMILES string of the molecule is O=C(NC(CCCCNC1N=CCCN1)(NS(=O)(=O)c1ccccc1)C(=O)O)c1ccc2[nH]ncc2c1. The third-order valence-electron chi connectivity index (χ3n) is 5.94. The number of nitrogens with zero attached hydrogens (tertiary/aromatic N) is 2. The monoisotopic (exact) mass is 527 g/mol. The third-order valence-corrected chi connectivity index (χ3v) is 7.45. The number of nitrogens with one attached hydrogen (secondary N) is 5. The molecule has 2 heterocycles. The minimum absolute atomic E-state index is 0.113. The van der Waals surface area contributed by atoms with Crippen LogP contribution in [0.25, 0.3) is 10.9 Å². The summed E-state index contributed by atoms with van der Waals surface area (Å²) in [6.45, 7) is 1.32. The number of aliphatic carboxylic acids is 1. The zero-order chi connectivity index (χ0) is 26.3. The maximum absolute atomic E-state index is 13.2. The van der Waals surface area contributed by atoms with Gasteiger partial charge in [-0.2, -0.15) is 9.82 Å². The summed E-state index contributed by atoms with van der Waals surface area (Å²) in [7, 11) is -4.28. The average Bonchev–Trinajstić information content (AvgIpc) is 3.37. The molecule has 196 valence electrons. The number of carboxylic acids is 1. The van der Waals surface area contributed by atoms with Crippen molar-refractivity contribution in [3.63, 3.8) is 0 Å². The van der Waals surface area contributed by atoms with Crippen molar-refractivity contribution in [1.29, 1.82) is 0 Å². The van der Waals surface area contributed by atoms with Gasteiger partial charge in [-0.3, -0.25) is 25.5 Å². The van der Waals surface area contributed by atoms with Gasteiger partial charge in [0, 0.05) is 23.7 Å². The zero-order valence-electron chi connectivity index (χ0n) is 20.0. The Bertz CT molecular complexity index is 1380. The molecule has 1 aromatic heterocycles. The number of aromatic nitrogens is 2. The molecule has 0 aliphatic carbocycles. The normalized spacial score (nSPS) is 17.4. The predicted molar refractivity (Wildman–Crippen MR) is 137 cm³/mol. The third kappa shape index (κ3) is 6.57. The lowest BCUT2D eigenvalue weighted by atomic mass is 10.0. The zero-order valence-corrected chi connectivity index (χ0v) is 20.8. The molecule has 2 aromatic carbocycles. The number of sulfonamides is 1. The van der Waals surface area contributed by atoms with Crippen LogP contribution in [0.4, 0.5) is 0 Å². The van der Waals surface area contributed by atoms with E-state index >= 15 is 0 Å². The number of fused-ring (bicyclic) bond motifs is 1. The van der Waals surface area contributed by atoms with E-state index in [9.17, 15) is 23.1 Å². The van der Waals surface area contributed by atoms with Crippen molar-refractivity contribution in [2.45, 2.75) is 42.5 Å². The maximum atomic E-state index is 13.2. The van der Waals surface area contributed by atoms with E-state index in [2.05, 4.69) is 35.9 Å². The first-order valence-electron chi connectivity index (χ1n) is 11.9. The van der Waals surface area contributed by atoms with Crippen molar-refractivity contribution in [3.8, 4) is 0 Å². The molecule has 0 saturated carbocycles. The summed E-state index contributed by atoms with van der Waals surface area (Å²) in [5.41, 5.74) is -1.41. The molecule has 3 aromatic rings. The summed E-state index contributed by atoms with van der Waals surface area (Å²) in [6, 6.07) is 12.1. The van der Waals surface area contributed by atoms with Gasteiger partial charge in [0.15, 0.2) is 6.29 Å². The van der Waals surface area contributed by atoms with Crippen molar-refractivity contribution in [2.75, 3.05) is 13.1 Å². The number of carboxylic acid groups (broad SMARTS) is 1. The van der Waals surface area contributed by atoms with Crippen LogP contribution in [0.1, 0.15) is 36.0 Å². The Hall–Kier alpha value is -3.65. The van der Waals surface area contributed by atoms with E-state index in [1.165, 1.54) is 36.5 Å². The lowest BCUT2D eigenvalue weighted by molar-refractivity contribution is -0.145. The van der Waals surface area contributed by atoms with Crippen LogP contribution in [0.2, 0.25) is 0 Å². The van der Waals surface area contributed by atoms with E-state index in [0.29, 0.717) is 30.3 Å². The van der Waals surface area contributed by atoms with Gasteiger partial charge in [0.2, 0.25) is 15.7 Å². The number of H-pyrrole nitrogens is 1. The fourth-order valence-corrected chi connectivity index (χ4v) is 5.31. The Morgan fingerprint density at radius 3 is 2.68 bits per heavy atom. The molecular weight excluding hydrogens is 498 g/mol. The minimum Gasteiger partial charge on any atom is -0.478 e. The molecule has 12 nitrogen and oxygen atoms in total. The van der Waals surface area contributed by atoms with Crippen LogP contribution < -0.4 is 20.7 Å². The molecule has 2 unspecified atom stereocenters. The quantitative estimate of drug-likeness (QED) is 0.150. The highest BCUT2D eigenvalue weighted by Crippen LogP contribution is 2.20. The first-order chi connectivity index (χ1) is 17.8. The number of benzene rings is 2. The van der Waals surface area contributed by atoms with Gasteiger partial charge in [-0.25, -0.2) is 13.2 Å². The van der Waals surface area contributed by atoms with Crippen molar-refractivity contribution in [3.05, 3.63) is 60.3 Å². The molecule has 6 N–H and O–H groups in total. The number of aliphatic imine (C=N–C) groups is 1. The number of carbonyl (C=O) groups excluding carboxylic acids is 1. The fraction of sp³-hybridized carbons (Fsp3) is 0.333. The number of rotatable bonds is 12. The number of carbonyl (C=O) groups is 2. The Kier molecular flexibility index (Phi) is 8.28. The van der Waals surface area contributed by atoms with Gasteiger partial charge in [0.25, 0.3) is 5.91 Å². The van der Waals surface area contributed by atoms with E-state index in [-0.39, 0.29) is 23.2 Å². The predicted octanol–water partition coefficient (Wildman–Crippen LogP) is 1.16. The van der Waals surface area contributed by atoms with Crippen molar-refractivity contribution < 1.29 is 23.1 Å². The van der Waals surface area contributed by atoms with E-state index in [0.717, 1.165) is 13.0 Å². The summed E-state index contributed by atoms with van der Waals surface area (Å²) in [6.07, 6.45) is 4.64. The summed E-state index contributed by atoms with van der Waals surface area (Å²) in [4.78, 5) is 29.9. The minimum atomic E-state index is -4.28. The fourth-order valence-electron chi connectivity index (χ4n) is 3.98. The van der Waals surface area contributed by atoms with Gasteiger partial charge in [-0.1, -0.05) is 18.2 Å². The number of amides is 1. The van der Waals surface area contributed by atoms with Gasteiger partial charge in [0.1, 0.15) is 0 Å². The van der Waals surface area contributed by atoms with Crippen molar-refractivity contribution in [2.24, 2.45) is 4.99 Å². The van der Waals surface area contributed by atoms with E-state index in [1.807, 2.05) is 6.21 Å². The Labute approximate surface area is 214 Å². The molecule has 0 radical (unpaired) electrons. The van der Waals surface area contributed by atoms with Crippen LogP contribution in [0.15, 0.2) is 64.6 Å². The van der Waals surface area contributed by atoms with Crippen LogP contribution in [-0.4, -0.2) is 66.9 Å². The van der Waals surface area contributed by atoms with Crippen LogP contribution in [0, 0.1) is 0 Å². The molecular formula is C24H29N7O5S. The molecule has 1 aliphatic rings. The van der Waals surface area contributed by atoms with Crippen LogP contribution in [-0.2, 0) is 14.8 Å². The molecule has 4 rings (SSSR count). The standard InChI is InChI=1S/C24H29N7O5S/c32-21(17-9-10-20-18(15-17)16-28-30-20)29-24(22(33)34,31-37(35,36)19-7-2-1-3-8-19)11-4-5-12-25-23-26-13-6-14-27-23/h1-3,7-10,13,15-16,23,25,27,31H,4-6,11-12,14H2,(H,28,30)(H,29,32)(H,33,34). The highest BCUT2D eigenvalue weighted by molar-refractivity contribution is 7.89. The molecule has 2 atom stereocenters. The first kappa shape index (κ1) is 26.4. The number of aromatic amines is 1. The van der Waals surface area contributed by atoms with Crippen LogP contribution >= 0.6 is 0 Å². The molecule has 1 aliphatic heterocycles. The summed E-state index contributed by atoms with van der Waals surface area (Å²) < 4.78 is 28.5. The van der Waals surface area contributed by atoms with E-state index < -0.39 is 27.6 Å². The summed E-state index contributed by atoms with van der Waals surface area (Å²) in [5.74, 6) is -2.25. The van der Waals surface area contributed by atoms with E-state index in [4.69, 9.17) is 0 Å². The summed E-state index contributed by atoms with van der Waals surface area (Å²) >= 11 is 0. The Morgan fingerprint density at radius 1 is 1.14 bits per heavy atom. The molecule has 1 amide bonds. The van der Waals surface area contributed by atoms with Crippen LogP contribution in [0.5, 0.6) is 0 Å². The van der Waals surface area contributed by atoms with Gasteiger partial charge < -0.3 is 10.4 Å². The first-order valence-corrected chi connectivity index (χ1v) is 13.3. The number of unbranched alkanes of at least 4 members (excludes halogenated alkanes) is 1. The molecule has 0 spiro atoms. The van der Waals surface area contributed by atoms with E-state index in [1.54, 1.807) is 18.2 Å². The second-order valence-corrected chi connectivity index (χ2v) is 10.3. The van der Waals surface area contributed by atoms with Crippen LogP contribution in [0.3, 0.4) is 0 Å². The topological polar surface area (TPSA) is 178 Å². The van der Waals surface area contributed by atoms with Crippen molar-refractivity contribution in [1.82, 2.24) is 30.9 Å². The van der Waals surface area contributed by atoms with Gasteiger partial charge in [-0.15, -0.1) is 0 Å². The smallest absolute Gasteiger partial charge is 0.345 e. The van der Waals surface area contributed by atoms with Gasteiger partial charge in [-0.05, 0) is 62.6 Å². The number of hydrogen-bond acceptors (Lipinski definition) is 8. The maximum Gasteiger partial charge on any atom is 0.345 e. The van der Waals surface area contributed by atoms with Gasteiger partial charge >= 0.3 is 5.97 Å². The van der Waals surface area contributed by atoms with Crippen molar-refractivity contribution >= 4 is 39.0 Å². The highest BCUT2D eigenvalue weighted by Gasteiger charge is 2.44. The Morgan fingerprint density at radius 2 is 1.95 bits per heavy atom. The Balaban J connectivity index is 1.53. The molecule has 0 saturated heterocycles. The largest absolute Gasteiger partial charge is 0.478 e. The lowest BCUT2D eigenvalue weighted by Crippen LogP contribution is -2.65. The lowest BCUT2D eigenvalue weighted by Gasteiger charge is -2.31. The number of hydrogen-bond donors (Lipinski definition) is 6. The molecule has 0 fully saturated rings. The molecule has 0 bridgehead atoms. The highest BCUT2D eigenvalue weighted by atomic mass is 32.2. The summed E-state index contributed by atoms with van der Waals surface area (Å²) in [5, 5.41) is 26.4. The second-order valence-electron chi connectivity index (χ2n) is 8.64. The second kappa shape index (κ2) is 11.6.